The van der Waals surface area contributed by atoms with Gasteiger partial charge in [0.2, 0.25) is 0 Å². The zero-order valence-electron chi connectivity index (χ0n) is 12.0. The number of likely N-dealkylation sites (N-methyl/N-ethyl adjacent to an activating group) is 1. The number of nitrogens with zero attached hydrogens (tertiary/aromatic N) is 4. The largest absolute Gasteiger partial charge is 0.313 e. The van der Waals surface area contributed by atoms with E-state index >= 15 is 0 Å². The molecule has 1 atom stereocenters. The van der Waals surface area contributed by atoms with E-state index in [2.05, 4.69) is 41.2 Å². The molecule has 5 nitrogen and oxygen atoms in total. The Balaban J connectivity index is 2.25. The minimum Gasteiger partial charge on any atom is -0.313 e. The molecule has 2 aromatic heterocycles. The molecule has 2 rings (SSSR count). The van der Waals surface area contributed by atoms with Crippen molar-refractivity contribution in [2.24, 2.45) is 0 Å². The van der Waals surface area contributed by atoms with Crippen molar-refractivity contribution in [2.75, 3.05) is 7.05 Å². The summed E-state index contributed by atoms with van der Waals surface area (Å²) in [5.41, 5.74) is 2.45. The van der Waals surface area contributed by atoms with Gasteiger partial charge in [-0.15, -0.1) is 0 Å². The molecule has 0 amide bonds. The number of rotatable bonds is 5. The van der Waals surface area contributed by atoms with Crippen LogP contribution in [0.4, 0.5) is 0 Å². The van der Waals surface area contributed by atoms with Crippen molar-refractivity contribution in [3.8, 4) is 0 Å². The van der Waals surface area contributed by atoms with Gasteiger partial charge in [0.25, 0.3) is 0 Å². The van der Waals surface area contributed by atoms with E-state index in [0.717, 1.165) is 12.2 Å². The first-order valence-corrected chi connectivity index (χ1v) is 6.59. The number of nitrogens with one attached hydrogen (secondary N) is 1. The summed E-state index contributed by atoms with van der Waals surface area (Å²) in [5, 5.41) is 7.62. The summed E-state index contributed by atoms with van der Waals surface area (Å²) in [7, 11) is 1.97. The molecule has 2 heterocycles. The van der Waals surface area contributed by atoms with Gasteiger partial charge < -0.3 is 5.32 Å². The molecule has 0 saturated carbocycles. The van der Waals surface area contributed by atoms with Gasteiger partial charge in [-0.05, 0) is 45.0 Å². The predicted molar refractivity (Wildman–Crippen MR) is 74.9 cm³/mol. The van der Waals surface area contributed by atoms with Crippen LogP contribution in [0.5, 0.6) is 0 Å². The molecule has 1 unspecified atom stereocenters. The molecule has 0 fully saturated rings. The first-order chi connectivity index (χ1) is 9.13. The van der Waals surface area contributed by atoms with Crippen molar-refractivity contribution in [3.05, 3.63) is 41.7 Å². The Bertz CT molecular complexity index is 532. The second kappa shape index (κ2) is 5.93. The van der Waals surface area contributed by atoms with Gasteiger partial charge in [0.15, 0.2) is 0 Å². The molecule has 0 aliphatic carbocycles. The van der Waals surface area contributed by atoms with Gasteiger partial charge in [-0.3, -0.25) is 4.98 Å². The molecule has 5 heteroatoms. The zero-order valence-corrected chi connectivity index (χ0v) is 12.0. The fraction of sp³-hybridized carbons (Fsp3) is 0.500. The van der Waals surface area contributed by atoms with Crippen LogP contribution in [0.2, 0.25) is 0 Å². The van der Waals surface area contributed by atoms with Gasteiger partial charge in [-0.1, -0.05) is 0 Å². The number of aryl methyl sites for hydroxylation is 1. The Kier molecular flexibility index (Phi) is 4.27. The highest BCUT2D eigenvalue weighted by Crippen LogP contribution is 2.20. The van der Waals surface area contributed by atoms with E-state index in [4.69, 9.17) is 0 Å². The molecule has 102 valence electrons. The van der Waals surface area contributed by atoms with Crippen LogP contribution in [-0.4, -0.2) is 26.8 Å². The third-order valence-corrected chi connectivity index (χ3v) is 3.33. The van der Waals surface area contributed by atoms with E-state index in [1.807, 2.05) is 30.2 Å². The van der Waals surface area contributed by atoms with Crippen LogP contribution in [0.3, 0.4) is 0 Å². The van der Waals surface area contributed by atoms with Crippen molar-refractivity contribution >= 4 is 0 Å². The van der Waals surface area contributed by atoms with Crippen LogP contribution in [0, 0.1) is 6.92 Å². The SMILES string of the molecule is CNC(Cc1ncnn1C(C)C)c1cnccc1C. The summed E-state index contributed by atoms with van der Waals surface area (Å²) >= 11 is 0. The average molecular weight is 259 g/mol. The highest BCUT2D eigenvalue weighted by atomic mass is 15.3. The summed E-state index contributed by atoms with van der Waals surface area (Å²) in [4.78, 5) is 8.59. The topological polar surface area (TPSA) is 55.6 Å². The van der Waals surface area contributed by atoms with E-state index in [1.165, 1.54) is 11.1 Å². The highest BCUT2D eigenvalue weighted by molar-refractivity contribution is 5.25. The molecule has 0 aromatic carbocycles. The third kappa shape index (κ3) is 2.98. The monoisotopic (exact) mass is 259 g/mol. The van der Waals surface area contributed by atoms with Crippen LogP contribution in [0.15, 0.2) is 24.8 Å². The number of pyridine rings is 1. The standard InChI is InChI=1S/C14H21N5/c1-10(2)19-14(17-9-18-19)7-13(15-4)12-8-16-6-5-11(12)3/h5-6,8-10,13,15H,7H2,1-4H3. The van der Waals surface area contributed by atoms with Gasteiger partial charge in [-0.2, -0.15) is 5.10 Å². The van der Waals surface area contributed by atoms with Gasteiger partial charge in [0.1, 0.15) is 12.2 Å². The van der Waals surface area contributed by atoms with Crippen LogP contribution in [0.1, 0.15) is 42.9 Å². The molecular weight excluding hydrogens is 238 g/mol. The fourth-order valence-electron chi connectivity index (χ4n) is 2.24. The van der Waals surface area contributed by atoms with Gasteiger partial charge in [0.05, 0.1) is 0 Å². The molecule has 19 heavy (non-hydrogen) atoms. The molecule has 0 radical (unpaired) electrons. The molecule has 0 aliphatic rings. The first-order valence-electron chi connectivity index (χ1n) is 6.59. The van der Waals surface area contributed by atoms with Crippen LogP contribution < -0.4 is 5.32 Å². The summed E-state index contributed by atoms with van der Waals surface area (Å²) < 4.78 is 1.97. The molecule has 0 bridgehead atoms. The van der Waals surface area contributed by atoms with E-state index in [0.29, 0.717) is 6.04 Å². The lowest BCUT2D eigenvalue weighted by Crippen LogP contribution is -2.22. The lowest BCUT2D eigenvalue weighted by molar-refractivity contribution is 0.477. The van der Waals surface area contributed by atoms with Crippen LogP contribution >= 0.6 is 0 Å². The summed E-state index contributed by atoms with van der Waals surface area (Å²) in [6, 6.07) is 2.56. The van der Waals surface area contributed by atoms with Crippen molar-refractivity contribution in [2.45, 2.75) is 39.3 Å². The average Bonchev–Trinajstić information content (AvgIpc) is 2.85. The maximum absolute atomic E-state index is 4.37. The first kappa shape index (κ1) is 13.7. The lowest BCUT2D eigenvalue weighted by Gasteiger charge is -2.19. The smallest absolute Gasteiger partial charge is 0.138 e. The Morgan fingerprint density at radius 1 is 1.37 bits per heavy atom. The highest BCUT2D eigenvalue weighted by Gasteiger charge is 2.17. The second-order valence-corrected chi connectivity index (χ2v) is 4.99. The van der Waals surface area contributed by atoms with E-state index in [-0.39, 0.29) is 6.04 Å². The van der Waals surface area contributed by atoms with Crippen LogP contribution in [-0.2, 0) is 6.42 Å². The maximum Gasteiger partial charge on any atom is 0.138 e. The number of hydrogen-bond acceptors (Lipinski definition) is 4. The fourth-order valence-corrected chi connectivity index (χ4v) is 2.24. The Hall–Kier alpha value is -1.75. The molecule has 0 spiro atoms. The molecule has 2 aromatic rings. The molecule has 0 saturated heterocycles. The Labute approximate surface area is 114 Å². The second-order valence-electron chi connectivity index (χ2n) is 4.99. The zero-order chi connectivity index (χ0) is 13.8. The van der Waals surface area contributed by atoms with E-state index in [1.54, 1.807) is 6.33 Å². The lowest BCUT2D eigenvalue weighted by atomic mass is 10.0. The van der Waals surface area contributed by atoms with E-state index < -0.39 is 0 Å². The molecule has 0 aliphatic heterocycles. The number of hydrogen-bond donors (Lipinski definition) is 1. The van der Waals surface area contributed by atoms with Crippen molar-refractivity contribution < 1.29 is 0 Å². The summed E-state index contributed by atoms with van der Waals surface area (Å²) in [5.74, 6) is 0.998. The third-order valence-electron chi connectivity index (χ3n) is 3.33. The molecular formula is C14H21N5. The van der Waals surface area contributed by atoms with Gasteiger partial charge in [0, 0.05) is 30.9 Å². The minimum absolute atomic E-state index is 0.204. The number of aromatic nitrogens is 4. The summed E-state index contributed by atoms with van der Waals surface area (Å²) in [6.45, 7) is 6.33. The van der Waals surface area contributed by atoms with Gasteiger partial charge in [-0.25, -0.2) is 9.67 Å². The Morgan fingerprint density at radius 3 is 2.79 bits per heavy atom. The normalized spacial score (nSPS) is 12.9. The van der Waals surface area contributed by atoms with Crippen molar-refractivity contribution in [1.82, 2.24) is 25.1 Å². The minimum atomic E-state index is 0.204. The van der Waals surface area contributed by atoms with Crippen molar-refractivity contribution in [3.63, 3.8) is 0 Å². The maximum atomic E-state index is 4.37. The van der Waals surface area contributed by atoms with Crippen molar-refractivity contribution in [1.29, 1.82) is 0 Å². The summed E-state index contributed by atoms with van der Waals surface area (Å²) in [6.07, 6.45) is 6.17. The predicted octanol–water partition coefficient (Wildman–Crippen LogP) is 2.07. The molecule has 1 N–H and O–H groups in total. The Morgan fingerprint density at radius 2 is 2.16 bits per heavy atom. The quantitative estimate of drug-likeness (QED) is 0.893. The van der Waals surface area contributed by atoms with Crippen LogP contribution in [0.25, 0.3) is 0 Å². The van der Waals surface area contributed by atoms with Gasteiger partial charge >= 0.3 is 0 Å². The van der Waals surface area contributed by atoms with E-state index in [9.17, 15) is 0 Å².